The standard InChI is InChI=1S/C19H25NO2/c1-4-15-10-14(8-9-19(15)22-3)11-17(13-20)16-6-5-7-18(12-16)21-2/h5-10,12,17H,4,11,13,20H2,1-3H3. The van der Waals surface area contributed by atoms with Crippen molar-refractivity contribution < 1.29 is 9.47 Å². The maximum absolute atomic E-state index is 6.01. The number of rotatable bonds is 7. The minimum absolute atomic E-state index is 0.285. The number of methoxy groups -OCH3 is 2. The lowest BCUT2D eigenvalue weighted by Crippen LogP contribution is -2.15. The molecule has 118 valence electrons. The van der Waals surface area contributed by atoms with Crippen molar-refractivity contribution >= 4 is 0 Å². The van der Waals surface area contributed by atoms with Crippen molar-refractivity contribution in [1.29, 1.82) is 0 Å². The van der Waals surface area contributed by atoms with Crippen LogP contribution in [0.15, 0.2) is 42.5 Å². The first-order valence-electron chi connectivity index (χ1n) is 7.71. The van der Waals surface area contributed by atoms with Crippen molar-refractivity contribution in [2.45, 2.75) is 25.7 Å². The van der Waals surface area contributed by atoms with E-state index in [-0.39, 0.29) is 5.92 Å². The highest BCUT2D eigenvalue weighted by Crippen LogP contribution is 2.26. The molecule has 0 aliphatic carbocycles. The molecule has 22 heavy (non-hydrogen) atoms. The van der Waals surface area contributed by atoms with Gasteiger partial charge in [-0.15, -0.1) is 0 Å². The molecule has 0 saturated carbocycles. The maximum atomic E-state index is 6.01. The Morgan fingerprint density at radius 1 is 1.05 bits per heavy atom. The fraction of sp³-hybridized carbons (Fsp3) is 0.368. The van der Waals surface area contributed by atoms with E-state index in [2.05, 4.69) is 31.2 Å². The lowest BCUT2D eigenvalue weighted by molar-refractivity contribution is 0.410. The average Bonchev–Trinajstić information content (AvgIpc) is 2.59. The van der Waals surface area contributed by atoms with Crippen molar-refractivity contribution in [1.82, 2.24) is 0 Å². The first-order chi connectivity index (χ1) is 10.7. The molecule has 2 aromatic rings. The molecule has 0 spiro atoms. The van der Waals surface area contributed by atoms with Crippen LogP contribution in [0.25, 0.3) is 0 Å². The van der Waals surface area contributed by atoms with Crippen molar-refractivity contribution in [3.8, 4) is 11.5 Å². The van der Waals surface area contributed by atoms with Crippen LogP contribution in [0.3, 0.4) is 0 Å². The quantitative estimate of drug-likeness (QED) is 0.850. The molecular formula is C19H25NO2. The number of hydrogen-bond acceptors (Lipinski definition) is 3. The topological polar surface area (TPSA) is 44.5 Å². The van der Waals surface area contributed by atoms with Gasteiger partial charge in [0.05, 0.1) is 14.2 Å². The molecule has 0 bridgehead atoms. The highest BCUT2D eigenvalue weighted by atomic mass is 16.5. The number of nitrogens with two attached hydrogens (primary N) is 1. The fourth-order valence-corrected chi connectivity index (χ4v) is 2.75. The number of hydrogen-bond donors (Lipinski definition) is 1. The van der Waals surface area contributed by atoms with Gasteiger partial charge in [0.15, 0.2) is 0 Å². The highest BCUT2D eigenvalue weighted by Gasteiger charge is 2.13. The molecular weight excluding hydrogens is 274 g/mol. The lowest BCUT2D eigenvalue weighted by atomic mass is 9.91. The maximum Gasteiger partial charge on any atom is 0.122 e. The van der Waals surface area contributed by atoms with Gasteiger partial charge in [-0.2, -0.15) is 0 Å². The van der Waals surface area contributed by atoms with Gasteiger partial charge in [-0.3, -0.25) is 0 Å². The van der Waals surface area contributed by atoms with Gasteiger partial charge in [-0.05, 0) is 54.3 Å². The Bertz CT molecular complexity index is 610. The van der Waals surface area contributed by atoms with E-state index in [4.69, 9.17) is 15.2 Å². The Kier molecular flexibility index (Phi) is 5.84. The van der Waals surface area contributed by atoms with E-state index in [0.29, 0.717) is 6.54 Å². The zero-order chi connectivity index (χ0) is 15.9. The van der Waals surface area contributed by atoms with Gasteiger partial charge in [-0.1, -0.05) is 31.2 Å². The molecule has 0 aromatic heterocycles. The van der Waals surface area contributed by atoms with Crippen LogP contribution in [-0.2, 0) is 12.8 Å². The largest absolute Gasteiger partial charge is 0.497 e. The predicted octanol–water partition coefficient (Wildman–Crippen LogP) is 3.55. The molecule has 2 aromatic carbocycles. The Hall–Kier alpha value is -2.00. The summed E-state index contributed by atoms with van der Waals surface area (Å²) in [4.78, 5) is 0. The summed E-state index contributed by atoms with van der Waals surface area (Å²) in [5.41, 5.74) is 9.75. The second-order valence-electron chi connectivity index (χ2n) is 5.41. The number of aryl methyl sites for hydroxylation is 1. The molecule has 0 aliphatic rings. The summed E-state index contributed by atoms with van der Waals surface area (Å²) in [6, 6.07) is 14.6. The van der Waals surface area contributed by atoms with Gasteiger partial charge in [0.2, 0.25) is 0 Å². The molecule has 0 radical (unpaired) electrons. The normalized spacial score (nSPS) is 12.0. The van der Waals surface area contributed by atoms with Crippen LogP contribution in [0, 0.1) is 0 Å². The molecule has 1 atom stereocenters. The average molecular weight is 299 g/mol. The zero-order valence-corrected chi connectivity index (χ0v) is 13.6. The van der Waals surface area contributed by atoms with Gasteiger partial charge in [0.25, 0.3) is 0 Å². The molecule has 0 saturated heterocycles. The van der Waals surface area contributed by atoms with Gasteiger partial charge in [0, 0.05) is 5.92 Å². The highest BCUT2D eigenvalue weighted by molar-refractivity contribution is 5.39. The summed E-state index contributed by atoms with van der Waals surface area (Å²) in [6.45, 7) is 2.75. The van der Waals surface area contributed by atoms with E-state index in [1.807, 2.05) is 18.2 Å². The second kappa shape index (κ2) is 7.85. The van der Waals surface area contributed by atoms with Crippen molar-refractivity contribution in [3.63, 3.8) is 0 Å². The van der Waals surface area contributed by atoms with E-state index in [1.54, 1.807) is 14.2 Å². The van der Waals surface area contributed by atoms with E-state index in [0.717, 1.165) is 24.3 Å². The first kappa shape index (κ1) is 16.4. The Morgan fingerprint density at radius 2 is 1.86 bits per heavy atom. The van der Waals surface area contributed by atoms with Gasteiger partial charge >= 0.3 is 0 Å². The predicted molar refractivity (Wildman–Crippen MR) is 90.9 cm³/mol. The molecule has 0 aliphatic heterocycles. The number of ether oxygens (including phenoxy) is 2. The zero-order valence-electron chi connectivity index (χ0n) is 13.6. The third-order valence-electron chi connectivity index (χ3n) is 4.06. The molecule has 3 nitrogen and oxygen atoms in total. The third kappa shape index (κ3) is 3.80. The minimum Gasteiger partial charge on any atom is -0.497 e. The van der Waals surface area contributed by atoms with E-state index in [9.17, 15) is 0 Å². The smallest absolute Gasteiger partial charge is 0.122 e. The summed E-state index contributed by atoms with van der Waals surface area (Å²) >= 11 is 0. The van der Waals surface area contributed by atoms with Crippen molar-refractivity contribution in [2.24, 2.45) is 5.73 Å². The first-order valence-corrected chi connectivity index (χ1v) is 7.71. The molecule has 0 fully saturated rings. The van der Waals surface area contributed by atoms with Crippen molar-refractivity contribution in [3.05, 3.63) is 59.2 Å². The van der Waals surface area contributed by atoms with Crippen LogP contribution >= 0.6 is 0 Å². The van der Waals surface area contributed by atoms with E-state index in [1.165, 1.54) is 16.7 Å². The molecule has 2 N–H and O–H groups in total. The summed E-state index contributed by atoms with van der Waals surface area (Å²) in [7, 11) is 3.40. The van der Waals surface area contributed by atoms with E-state index >= 15 is 0 Å². The molecule has 0 heterocycles. The Balaban J connectivity index is 2.22. The van der Waals surface area contributed by atoms with Crippen molar-refractivity contribution in [2.75, 3.05) is 20.8 Å². The van der Waals surface area contributed by atoms with Crippen LogP contribution in [0.4, 0.5) is 0 Å². The monoisotopic (exact) mass is 299 g/mol. The molecule has 2 rings (SSSR count). The molecule has 0 amide bonds. The number of benzene rings is 2. The van der Waals surface area contributed by atoms with Crippen LogP contribution in [0.5, 0.6) is 11.5 Å². The third-order valence-corrected chi connectivity index (χ3v) is 4.06. The summed E-state index contributed by atoms with van der Waals surface area (Å²) in [5, 5.41) is 0. The van der Waals surface area contributed by atoms with Crippen LogP contribution in [0.1, 0.15) is 29.5 Å². The van der Waals surface area contributed by atoms with Crippen LogP contribution < -0.4 is 15.2 Å². The van der Waals surface area contributed by atoms with Crippen LogP contribution in [0.2, 0.25) is 0 Å². The SMILES string of the molecule is CCc1cc(CC(CN)c2cccc(OC)c2)ccc1OC. The Labute approximate surface area is 133 Å². The van der Waals surface area contributed by atoms with Gasteiger partial charge in [-0.25, -0.2) is 0 Å². The lowest BCUT2D eigenvalue weighted by Gasteiger charge is -2.17. The molecule has 3 heteroatoms. The Morgan fingerprint density at radius 3 is 2.50 bits per heavy atom. The fourth-order valence-electron chi connectivity index (χ4n) is 2.75. The van der Waals surface area contributed by atoms with Gasteiger partial charge in [0.1, 0.15) is 11.5 Å². The van der Waals surface area contributed by atoms with Crippen LogP contribution in [-0.4, -0.2) is 20.8 Å². The summed E-state index contributed by atoms with van der Waals surface area (Å²) in [6.07, 6.45) is 1.88. The summed E-state index contributed by atoms with van der Waals surface area (Å²) in [5.74, 6) is 2.12. The van der Waals surface area contributed by atoms with E-state index < -0.39 is 0 Å². The minimum atomic E-state index is 0.285. The second-order valence-corrected chi connectivity index (χ2v) is 5.41. The van der Waals surface area contributed by atoms with Gasteiger partial charge < -0.3 is 15.2 Å². The summed E-state index contributed by atoms with van der Waals surface area (Å²) < 4.78 is 10.7. The molecule has 1 unspecified atom stereocenters.